The molecule has 3 nitrogen and oxygen atoms in total. The number of rotatable bonds is 4. The van der Waals surface area contributed by atoms with Crippen LogP contribution in [0.2, 0.25) is 0 Å². The highest BCUT2D eigenvalue weighted by Gasteiger charge is 2.20. The van der Waals surface area contributed by atoms with Gasteiger partial charge in [0, 0.05) is 28.8 Å². The lowest BCUT2D eigenvalue weighted by Crippen LogP contribution is -2.16. The van der Waals surface area contributed by atoms with Crippen molar-refractivity contribution < 1.29 is 4.39 Å². The van der Waals surface area contributed by atoms with Crippen LogP contribution >= 0.6 is 15.9 Å². The normalized spacial score (nSPS) is 14.6. The third kappa shape index (κ3) is 3.16. The topological polar surface area (TPSA) is 37.8 Å². The Morgan fingerprint density at radius 3 is 2.89 bits per heavy atom. The molecule has 0 atom stereocenters. The van der Waals surface area contributed by atoms with E-state index in [1.165, 1.54) is 25.0 Å². The number of halogens is 2. The third-order valence-electron chi connectivity index (χ3n) is 3.03. The van der Waals surface area contributed by atoms with Gasteiger partial charge in [-0.2, -0.15) is 0 Å². The lowest BCUT2D eigenvalue weighted by atomic mass is 10.2. The van der Waals surface area contributed by atoms with Crippen molar-refractivity contribution in [3.05, 3.63) is 46.4 Å². The molecule has 0 unspecified atom stereocenters. The molecule has 3 rings (SSSR count). The fourth-order valence-electron chi connectivity index (χ4n) is 1.83. The van der Waals surface area contributed by atoms with Crippen LogP contribution in [-0.2, 0) is 6.54 Å². The standard InChI is InChI=1S/C14H13BrFN3/c15-13-7-9(16)1-4-12(13)14-17-6-5-11(19-14)8-18-10-2-3-10/h1,4-7,10,18H,2-3,8H2. The van der Waals surface area contributed by atoms with Crippen LogP contribution < -0.4 is 5.32 Å². The second-order valence-electron chi connectivity index (χ2n) is 4.65. The lowest BCUT2D eigenvalue weighted by molar-refractivity contribution is 0.627. The van der Waals surface area contributed by atoms with Crippen molar-refractivity contribution in [3.8, 4) is 11.4 Å². The largest absolute Gasteiger partial charge is 0.308 e. The van der Waals surface area contributed by atoms with Crippen LogP contribution in [0.1, 0.15) is 18.5 Å². The molecule has 5 heteroatoms. The van der Waals surface area contributed by atoms with Gasteiger partial charge in [-0.1, -0.05) is 0 Å². The highest BCUT2D eigenvalue weighted by Crippen LogP contribution is 2.26. The maximum Gasteiger partial charge on any atom is 0.160 e. The Balaban J connectivity index is 1.84. The maximum atomic E-state index is 13.1. The predicted molar refractivity (Wildman–Crippen MR) is 75.0 cm³/mol. The van der Waals surface area contributed by atoms with Crippen LogP contribution in [0.15, 0.2) is 34.9 Å². The van der Waals surface area contributed by atoms with Crippen molar-refractivity contribution >= 4 is 15.9 Å². The Kier molecular flexibility index (Phi) is 3.57. The maximum absolute atomic E-state index is 13.1. The zero-order valence-electron chi connectivity index (χ0n) is 10.2. The van der Waals surface area contributed by atoms with E-state index in [2.05, 4.69) is 31.2 Å². The highest BCUT2D eigenvalue weighted by atomic mass is 79.9. The molecule has 1 aliphatic rings. The second kappa shape index (κ2) is 5.35. The number of hydrogen-bond donors (Lipinski definition) is 1. The molecule has 0 bridgehead atoms. The molecule has 1 N–H and O–H groups in total. The summed E-state index contributed by atoms with van der Waals surface area (Å²) in [6, 6.07) is 7.08. The zero-order valence-corrected chi connectivity index (χ0v) is 11.8. The smallest absolute Gasteiger partial charge is 0.160 e. The van der Waals surface area contributed by atoms with Crippen molar-refractivity contribution in [2.24, 2.45) is 0 Å². The molecule has 1 saturated carbocycles. The Hall–Kier alpha value is -1.33. The fourth-order valence-corrected chi connectivity index (χ4v) is 2.36. The first-order valence-electron chi connectivity index (χ1n) is 6.23. The van der Waals surface area contributed by atoms with Gasteiger partial charge in [-0.15, -0.1) is 0 Å². The van der Waals surface area contributed by atoms with E-state index in [4.69, 9.17) is 0 Å². The third-order valence-corrected chi connectivity index (χ3v) is 3.69. The minimum atomic E-state index is -0.276. The Morgan fingerprint density at radius 1 is 1.32 bits per heavy atom. The Labute approximate surface area is 119 Å². The van der Waals surface area contributed by atoms with E-state index in [0.29, 0.717) is 16.3 Å². The SMILES string of the molecule is Fc1ccc(-c2nccc(CNC3CC3)n2)c(Br)c1. The van der Waals surface area contributed by atoms with Gasteiger partial charge < -0.3 is 5.32 Å². The number of hydrogen-bond acceptors (Lipinski definition) is 3. The molecule has 1 aromatic carbocycles. The molecule has 0 amide bonds. The predicted octanol–water partition coefficient (Wildman–Crippen LogP) is 3.30. The van der Waals surface area contributed by atoms with Gasteiger partial charge in [0.2, 0.25) is 0 Å². The Bertz CT molecular complexity index is 599. The summed E-state index contributed by atoms with van der Waals surface area (Å²) in [5.41, 5.74) is 1.75. The van der Waals surface area contributed by atoms with Crippen molar-refractivity contribution in [1.29, 1.82) is 0 Å². The van der Waals surface area contributed by atoms with E-state index >= 15 is 0 Å². The molecule has 98 valence electrons. The highest BCUT2D eigenvalue weighted by molar-refractivity contribution is 9.10. The molecule has 1 aromatic heterocycles. The molecule has 0 saturated heterocycles. The molecule has 0 aliphatic heterocycles. The second-order valence-corrected chi connectivity index (χ2v) is 5.51. The summed E-state index contributed by atoms with van der Waals surface area (Å²) in [6.45, 7) is 0.749. The number of nitrogens with one attached hydrogen (secondary N) is 1. The minimum Gasteiger partial charge on any atom is -0.308 e. The van der Waals surface area contributed by atoms with E-state index in [0.717, 1.165) is 17.8 Å². The summed E-state index contributed by atoms with van der Waals surface area (Å²) in [5, 5.41) is 3.41. The van der Waals surface area contributed by atoms with Crippen LogP contribution in [0.3, 0.4) is 0 Å². The summed E-state index contributed by atoms with van der Waals surface area (Å²) in [5.74, 6) is 0.337. The molecule has 1 fully saturated rings. The van der Waals surface area contributed by atoms with Gasteiger partial charge >= 0.3 is 0 Å². The first-order valence-corrected chi connectivity index (χ1v) is 7.02. The quantitative estimate of drug-likeness (QED) is 0.939. The molecular formula is C14H13BrFN3. The van der Waals surface area contributed by atoms with Gasteiger partial charge in [0.25, 0.3) is 0 Å². The first kappa shape index (κ1) is 12.7. The van der Waals surface area contributed by atoms with Crippen molar-refractivity contribution in [1.82, 2.24) is 15.3 Å². The van der Waals surface area contributed by atoms with Crippen LogP contribution in [0.25, 0.3) is 11.4 Å². The van der Waals surface area contributed by atoms with E-state index in [1.54, 1.807) is 12.3 Å². The molecule has 1 heterocycles. The molecule has 19 heavy (non-hydrogen) atoms. The first-order chi connectivity index (χ1) is 9.22. The monoisotopic (exact) mass is 321 g/mol. The minimum absolute atomic E-state index is 0.276. The van der Waals surface area contributed by atoms with Gasteiger partial charge in [-0.3, -0.25) is 0 Å². The Morgan fingerprint density at radius 2 is 2.16 bits per heavy atom. The number of nitrogens with zero attached hydrogens (tertiary/aromatic N) is 2. The lowest BCUT2D eigenvalue weighted by Gasteiger charge is -2.06. The molecule has 2 aromatic rings. The number of aromatic nitrogens is 2. The van der Waals surface area contributed by atoms with Crippen LogP contribution in [0.4, 0.5) is 4.39 Å². The summed E-state index contributed by atoms with van der Waals surface area (Å²) < 4.78 is 13.7. The average molecular weight is 322 g/mol. The molecule has 0 spiro atoms. The zero-order chi connectivity index (χ0) is 13.2. The molecular weight excluding hydrogens is 309 g/mol. The van der Waals surface area contributed by atoms with Crippen molar-refractivity contribution in [2.75, 3.05) is 0 Å². The van der Waals surface area contributed by atoms with Crippen LogP contribution in [-0.4, -0.2) is 16.0 Å². The fraction of sp³-hybridized carbons (Fsp3) is 0.286. The summed E-state index contributed by atoms with van der Waals surface area (Å²) in [6.07, 6.45) is 4.24. The van der Waals surface area contributed by atoms with E-state index in [-0.39, 0.29) is 5.82 Å². The van der Waals surface area contributed by atoms with Gasteiger partial charge in [0.1, 0.15) is 5.82 Å². The van der Waals surface area contributed by atoms with E-state index < -0.39 is 0 Å². The summed E-state index contributed by atoms with van der Waals surface area (Å²) in [4.78, 5) is 8.76. The van der Waals surface area contributed by atoms with Crippen LogP contribution in [0, 0.1) is 5.82 Å². The van der Waals surface area contributed by atoms with Crippen molar-refractivity contribution in [2.45, 2.75) is 25.4 Å². The van der Waals surface area contributed by atoms with Gasteiger partial charge in [0.15, 0.2) is 5.82 Å². The van der Waals surface area contributed by atoms with Gasteiger partial charge in [-0.05, 0) is 53.0 Å². The van der Waals surface area contributed by atoms with E-state index in [9.17, 15) is 4.39 Å². The van der Waals surface area contributed by atoms with Gasteiger partial charge in [-0.25, -0.2) is 14.4 Å². The summed E-state index contributed by atoms with van der Waals surface area (Å²) >= 11 is 3.34. The van der Waals surface area contributed by atoms with Crippen LogP contribution in [0.5, 0.6) is 0 Å². The van der Waals surface area contributed by atoms with Crippen molar-refractivity contribution in [3.63, 3.8) is 0 Å². The number of benzene rings is 1. The molecule has 0 radical (unpaired) electrons. The van der Waals surface area contributed by atoms with E-state index in [1.807, 2.05) is 6.07 Å². The molecule has 1 aliphatic carbocycles. The average Bonchev–Trinajstić information content (AvgIpc) is 3.21. The van der Waals surface area contributed by atoms with Gasteiger partial charge in [0.05, 0.1) is 5.69 Å². The summed E-state index contributed by atoms with van der Waals surface area (Å²) in [7, 11) is 0.